The molecule has 0 fully saturated rings. The fourth-order valence-electron chi connectivity index (χ4n) is 1.51. The van der Waals surface area contributed by atoms with Crippen LogP contribution in [-0.2, 0) is 4.79 Å². The van der Waals surface area contributed by atoms with Crippen molar-refractivity contribution in [2.45, 2.75) is 26.3 Å². The SMILES string of the molecule is CCC(C)C(NC(=S)Nc1ccccc1)C(=O)O. The van der Waals surface area contributed by atoms with Gasteiger partial charge in [-0.2, -0.15) is 0 Å². The van der Waals surface area contributed by atoms with Gasteiger partial charge in [-0.1, -0.05) is 38.5 Å². The maximum absolute atomic E-state index is 11.1. The standard InChI is InChI=1S/C13H18N2O2S/c1-3-9(2)11(12(16)17)15-13(18)14-10-7-5-4-6-8-10/h4-9,11H,3H2,1-2H3,(H,16,17)(H2,14,15,18). The lowest BCUT2D eigenvalue weighted by molar-refractivity contribution is -0.140. The lowest BCUT2D eigenvalue weighted by Crippen LogP contribution is -2.46. The Morgan fingerprint density at radius 2 is 2.00 bits per heavy atom. The molecule has 0 spiro atoms. The second-order valence-corrected chi connectivity index (χ2v) is 4.57. The van der Waals surface area contributed by atoms with E-state index < -0.39 is 12.0 Å². The average molecular weight is 266 g/mol. The van der Waals surface area contributed by atoms with E-state index in [1.165, 1.54) is 0 Å². The zero-order valence-corrected chi connectivity index (χ0v) is 11.3. The van der Waals surface area contributed by atoms with Crippen molar-refractivity contribution < 1.29 is 9.90 Å². The van der Waals surface area contributed by atoms with Crippen molar-refractivity contribution in [1.82, 2.24) is 5.32 Å². The van der Waals surface area contributed by atoms with Crippen LogP contribution in [0.5, 0.6) is 0 Å². The zero-order chi connectivity index (χ0) is 13.5. The highest BCUT2D eigenvalue weighted by Crippen LogP contribution is 2.09. The van der Waals surface area contributed by atoms with Crippen molar-refractivity contribution in [3.05, 3.63) is 30.3 Å². The summed E-state index contributed by atoms with van der Waals surface area (Å²) in [4.78, 5) is 11.1. The number of aliphatic carboxylic acids is 1. The molecular weight excluding hydrogens is 248 g/mol. The van der Waals surface area contributed by atoms with Crippen molar-refractivity contribution in [1.29, 1.82) is 0 Å². The maximum Gasteiger partial charge on any atom is 0.326 e. The summed E-state index contributed by atoms with van der Waals surface area (Å²) in [5.41, 5.74) is 0.836. The van der Waals surface area contributed by atoms with E-state index in [9.17, 15) is 4.79 Å². The van der Waals surface area contributed by atoms with Crippen LogP contribution >= 0.6 is 12.2 Å². The van der Waals surface area contributed by atoms with Crippen LogP contribution in [0.3, 0.4) is 0 Å². The van der Waals surface area contributed by atoms with E-state index in [0.29, 0.717) is 5.11 Å². The van der Waals surface area contributed by atoms with Gasteiger partial charge in [0.15, 0.2) is 5.11 Å². The molecule has 1 aromatic rings. The number of thiocarbonyl (C=S) groups is 1. The average Bonchev–Trinajstić information content (AvgIpc) is 2.36. The van der Waals surface area contributed by atoms with Crippen LogP contribution in [0.4, 0.5) is 5.69 Å². The Kier molecular flexibility index (Phi) is 5.58. The summed E-state index contributed by atoms with van der Waals surface area (Å²) in [7, 11) is 0. The van der Waals surface area contributed by atoms with Gasteiger partial charge in [0, 0.05) is 5.69 Å². The predicted octanol–water partition coefficient (Wildman–Crippen LogP) is 2.47. The Morgan fingerprint density at radius 3 is 2.50 bits per heavy atom. The summed E-state index contributed by atoms with van der Waals surface area (Å²) >= 11 is 5.11. The molecule has 0 aliphatic carbocycles. The van der Waals surface area contributed by atoms with Crippen LogP contribution in [0.25, 0.3) is 0 Å². The topological polar surface area (TPSA) is 61.4 Å². The van der Waals surface area contributed by atoms with Gasteiger partial charge in [-0.3, -0.25) is 0 Å². The minimum absolute atomic E-state index is 0.0121. The molecule has 0 saturated carbocycles. The first-order valence-corrected chi connectivity index (χ1v) is 6.30. The van der Waals surface area contributed by atoms with Gasteiger partial charge in [-0.05, 0) is 30.3 Å². The summed E-state index contributed by atoms with van der Waals surface area (Å²) in [5.74, 6) is -0.875. The second kappa shape index (κ2) is 6.96. The molecule has 0 aromatic heterocycles. The number of hydrogen-bond donors (Lipinski definition) is 3. The van der Waals surface area contributed by atoms with Gasteiger partial charge in [0.1, 0.15) is 6.04 Å². The minimum Gasteiger partial charge on any atom is -0.480 e. The van der Waals surface area contributed by atoms with Crippen LogP contribution in [0, 0.1) is 5.92 Å². The number of anilines is 1. The summed E-state index contributed by atoms with van der Waals surface area (Å²) in [6.07, 6.45) is 0.776. The normalized spacial score (nSPS) is 13.4. The van der Waals surface area contributed by atoms with E-state index >= 15 is 0 Å². The van der Waals surface area contributed by atoms with Gasteiger partial charge in [-0.15, -0.1) is 0 Å². The molecule has 0 amide bonds. The molecule has 98 valence electrons. The number of rotatable bonds is 5. The van der Waals surface area contributed by atoms with E-state index in [-0.39, 0.29) is 5.92 Å². The fraction of sp³-hybridized carbons (Fsp3) is 0.385. The highest BCUT2D eigenvalue weighted by molar-refractivity contribution is 7.80. The first-order valence-electron chi connectivity index (χ1n) is 5.90. The predicted molar refractivity (Wildman–Crippen MR) is 76.7 cm³/mol. The summed E-state index contributed by atoms with van der Waals surface area (Å²) in [6, 6.07) is 8.74. The number of carboxylic acid groups (broad SMARTS) is 1. The molecule has 5 heteroatoms. The van der Waals surface area contributed by atoms with Gasteiger partial charge in [-0.25, -0.2) is 4.79 Å². The Labute approximate surface area is 112 Å². The molecule has 2 unspecified atom stereocenters. The number of benzene rings is 1. The Balaban J connectivity index is 2.60. The molecule has 2 atom stereocenters. The van der Waals surface area contributed by atoms with Gasteiger partial charge in [0.05, 0.1) is 0 Å². The first-order chi connectivity index (χ1) is 8.54. The van der Waals surface area contributed by atoms with E-state index in [2.05, 4.69) is 10.6 Å². The van der Waals surface area contributed by atoms with Crippen LogP contribution in [0.1, 0.15) is 20.3 Å². The van der Waals surface area contributed by atoms with E-state index in [4.69, 9.17) is 17.3 Å². The Bertz CT molecular complexity index is 409. The lowest BCUT2D eigenvalue weighted by Gasteiger charge is -2.22. The van der Waals surface area contributed by atoms with Crippen molar-refractivity contribution in [2.75, 3.05) is 5.32 Å². The molecule has 18 heavy (non-hydrogen) atoms. The molecule has 0 saturated heterocycles. The monoisotopic (exact) mass is 266 g/mol. The number of para-hydroxylation sites is 1. The highest BCUT2D eigenvalue weighted by Gasteiger charge is 2.23. The molecule has 0 aliphatic rings. The summed E-state index contributed by atoms with van der Waals surface area (Å²) in [6.45, 7) is 3.84. The number of nitrogens with one attached hydrogen (secondary N) is 2. The molecule has 4 nitrogen and oxygen atoms in total. The first kappa shape index (κ1) is 14.4. The van der Waals surface area contributed by atoms with E-state index in [1.54, 1.807) is 0 Å². The fourth-order valence-corrected chi connectivity index (χ4v) is 1.76. The van der Waals surface area contributed by atoms with E-state index in [1.807, 2.05) is 44.2 Å². The largest absolute Gasteiger partial charge is 0.480 e. The summed E-state index contributed by atoms with van der Waals surface area (Å²) in [5, 5.41) is 15.3. The molecule has 3 N–H and O–H groups in total. The number of hydrogen-bond acceptors (Lipinski definition) is 2. The van der Waals surface area contributed by atoms with Crippen LogP contribution in [0.15, 0.2) is 30.3 Å². The number of carboxylic acids is 1. The van der Waals surface area contributed by atoms with Crippen molar-refractivity contribution in [2.24, 2.45) is 5.92 Å². The van der Waals surface area contributed by atoms with Gasteiger partial charge < -0.3 is 15.7 Å². The summed E-state index contributed by atoms with van der Waals surface area (Å²) < 4.78 is 0. The second-order valence-electron chi connectivity index (χ2n) is 4.17. The Morgan fingerprint density at radius 1 is 1.39 bits per heavy atom. The zero-order valence-electron chi connectivity index (χ0n) is 10.5. The van der Waals surface area contributed by atoms with Crippen molar-refractivity contribution in [3.63, 3.8) is 0 Å². The van der Waals surface area contributed by atoms with Crippen LogP contribution in [0.2, 0.25) is 0 Å². The smallest absolute Gasteiger partial charge is 0.326 e. The lowest BCUT2D eigenvalue weighted by atomic mass is 10.00. The molecule has 0 bridgehead atoms. The maximum atomic E-state index is 11.1. The van der Waals surface area contributed by atoms with Gasteiger partial charge >= 0.3 is 5.97 Å². The molecule has 0 aliphatic heterocycles. The molecule has 1 aromatic carbocycles. The minimum atomic E-state index is -0.887. The third-order valence-electron chi connectivity index (χ3n) is 2.80. The Hall–Kier alpha value is -1.62. The van der Waals surface area contributed by atoms with Crippen molar-refractivity contribution in [3.8, 4) is 0 Å². The van der Waals surface area contributed by atoms with Crippen LogP contribution in [-0.4, -0.2) is 22.2 Å². The van der Waals surface area contributed by atoms with Gasteiger partial charge in [0.25, 0.3) is 0 Å². The molecule has 0 heterocycles. The van der Waals surface area contributed by atoms with Crippen molar-refractivity contribution >= 4 is 29.0 Å². The van der Waals surface area contributed by atoms with Crippen LogP contribution < -0.4 is 10.6 Å². The quantitative estimate of drug-likeness (QED) is 0.715. The highest BCUT2D eigenvalue weighted by atomic mass is 32.1. The third-order valence-corrected chi connectivity index (χ3v) is 3.02. The van der Waals surface area contributed by atoms with E-state index in [0.717, 1.165) is 12.1 Å². The molecular formula is C13H18N2O2S. The molecule has 1 rings (SSSR count). The third kappa shape index (κ3) is 4.33. The number of carbonyl (C=O) groups is 1. The van der Waals surface area contributed by atoms with Gasteiger partial charge in [0.2, 0.25) is 0 Å². The molecule has 0 radical (unpaired) electrons.